The fraction of sp³-hybridized carbons (Fsp3) is 0.227. The monoisotopic (exact) mass is 537 g/mol. The average Bonchev–Trinajstić information content (AvgIpc) is 2.79. The minimum Gasteiger partial charge on any atom is -0.483 e. The molecule has 10 heteroatoms. The van der Waals surface area contributed by atoms with Crippen molar-refractivity contribution in [3.05, 3.63) is 62.1 Å². The molecule has 0 bridgehead atoms. The number of hydrogen-bond donors (Lipinski definition) is 1. The molecule has 3 rings (SSSR count). The molecule has 0 atom stereocenters. The maximum absolute atomic E-state index is 12.5. The van der Waals surface area contributed by atoms with E-state index in [1.807, 2.05) is 6.07 Å². The van der Waals surface area contributed by atoms with Gasteiger partial charge in [0.05, 0.1) is 27.7 Å². The molecule has 0 spiro atoms. The van der Waals surface area contributed by atoms with Crippen molar-refractivity contribution in [2.24, 2.45) is 0 Å². The van der Waals surface area contributed by atoms with Gasteiger partial charge in [-0.25, -0.2) is 0 Å². The highest BCUT2D eigenvalue weighted by Crippen LogP contribution is 2.28. The molecule has 0 saturated carbocycles. The number of nitrogens with one attached hydrogen (secondary N) is 1. The second kappa shape index (κ2) is 11.3. The van der Waals surface area contributed by atoms with E-state index in [1.54, 1.807) is 35.2 Å². The van der Waals surface area contributed by atoms with Crippen LogP contribution in [0.15, 0.2) is 46.4 Å². The SMILES string of the molecule is N#C/C(=C/c1ccc(OCC(=O)N2CCOCC2)c(Br)c1)C(=O)Nc1ccc(Cl)c(Cl)c1. The summed E-state index contributed by atoms with van der Waals surface area (Å²) in [6, 6.07) is 11.6. The van der Waals surface area contributed by atoms with Gasteiger partial charge in [0.2, 0.25) is 0 Å². The third-order valence-electron chi connectivity index (χ3n) is 4.52. The summed E-state index contributed by atoms with van der Waals surface area (Å²) < 4.78 is 11.4. The molecule has 7 nitrogen and oxygen atoms in total. The lowest BCUT2D eigenvalue weighted by molar-refractivity contribution is -0.137. The molecule has 0 aromatic heterocycles. The number of carbonyl (C=O) groups is 2. The van der Waals surface area contributed by atoms with Crippen molar-refractivity contribution in [1.82, 2.24) is 4.90 Å². The Morgan fingerprint density at radius 3 is 2.59 bits per heavy atom. The summed E-state index contributed by atoms with van der Waals surface area (Å²) in [4.78, 5) is 26.4. The lowest BCUT2D eigenvalue weighted by Crippen LogP contribution is -2.43. The van der Waals surface area contributed by atoms with E-state index >= 15 is 0 Å². The average molecular weight is 539 g/mol. The molecule has 2 aromatic carbocycles. The number of morpholine rings is 1. The van der Waals surface area contributed by atoms with Crippen LogP contribution >= 0.6 is 39.1 Å². The second-order valence-corrected chi connectivity index (χ2v) is 8.39. The maximum atomic E-state index is 12.5. The van der Waals surface area contributed by atoms with Crippen LogP contribution < -0.4 is 10.1 Å². The van der Waals surface area contributed by atoms with E-state index in [9.17, 15) is 14.9 Å². The lowest BCUT2D eigenvalue weighted by atomic mass is 10.1. The van der Waals surface area contributed by atoms with Gasteiger partial charge in [0.15, 0.2) is 6.61 Å². The van der Waals surface area contributed by atoms with E-state index in [2.05, 4.69) is 21.2 Å². The van der Waals surface area contributed by atoms with Crippen molar-refractivity contribution in [3.8, 4) is 11.8 Å². The first-order valence-corrected chi connectivity index (χ1v) is 11.1. The van der Waals surface area contributed by atoms with E-state index < -0.39 is 5.91 Å². The van der Waals surface area contributed by atoms with Gasteiger partial charge in [-0.15, -0.1) is 0 Å². The summed E-state index contributed by atoms with van der Waals surface area (Å²) in [7, 11) is 0. The van der Waals surface area contributed by atoms with Crippen LogP contribution in [0, 0.1) is 11.3 Å². The highest BCUT2D eigenvalue weighted by atomic mass is 79.9. The first kappa shape index (κ1) is 24.1. The third kappa shape index (κ3) is 6.47. The lowest BCUT2D eigenvalue weighted by Gasteiger charge is -2.26. The largest absolute Gasteiger partial charge is 0.483 e. The van der Waals surface area contributed by atoms with Gasteiger partial charge in [0.25, 0.3) is 11.8 Å². The molecule has 1 heterocycles. The molecule has 166 valence electrons. The van der Waals surface area contributed by atoms with Gasteiger partial charge < -0.3 is 19.7 Å². The zero-order chi connectivity index (χ0) is 23.1. The van der Waals surface area contributed by atoms with E-state index in [1.165, 1.54) is 12.1 Å². The minimum atomic E-state index is -0.585. The first-order valence-electron chi connectivity index (χ1n) is 9.53. The summed E-state index contributed by atoms with van der Waals surface area (Å²) in [5.41, 5.74) is 0.920. The van der Waals surface area contributed by atoms with E-state index in [0.29, 0.717) is 57.8 Å². The summed E-state index contributed by atoms with van der Waals surface area (Å²) in [6.45, 7) is 2.05. The number of nitrogens with zero attached hydrogens (tertiary/aromatic N) is 2. The highest BCUT2D eigenvalue weighted by molar-refractivity contribution is 9.10. The summed E-state index contributed by atoms with van der Waals surface area (Å²) in [6.07, 6.45) is 1.44. The summed E-state index contributed by atoms with van der Waals surface area (Å²) >= 11 is 15.2. The molecule has 1 aliphatic rings. The molecule has 1 N–H and O–H groups in total. The summed E-state index contributed by atoms with van der Waals surface area (Å²) in [5.74, 6) is -0.226. The van der Waals surface area contributed by atoms with E-state index in [-0.39, 0.29) is 18.1 Å². The van der Waals surface area contributed by atoms with Gasteiger partial charge in [0, 0.05) is 18.8 Å². The number of nitriles is 1. The van der Waals surface area contributed by atoms with E-state index in [0.717, 1.165) is 0 Å². The van der Waals surface area contributed by atoms with Gasteiger partial charge in [-0.1, -0.05) is 29.3 Å². The molecule has 0 aliphatic carbocycles. The van der Waals surface area contributed by atoms with Crippen LogP contribution in [-0.2, 0) is 14.3 Å². The fourth-order valence-electron chi connectivity index (χ4n) is 2.86. The molecule has 0 radical (unpaired) electrons. The van der Waals surface area contributed by atoms with Crippen LogP contribution in [0.1, 0.15) is 5.56 Å². The Bertz CT molecular complexity index is 1100. The van der Waals surface area contributed by atoms with Crippen LogP contribution in [0.2, 0.25) is 10.0 Å². The highest BCUT2D eigenvalue weighted by Gasteiger charge is 2.18. The zero-order valence-corrected chi connectivity index (χ0v) is 19.8. The number of carbonyl (C=O) groups excluding carboxylic acids is 2. The van der Waals surface area contributed by atoms with Crippen LogP contribution in [0.5, 0.6) is 5.75 Å². The number of ether oxygens (including phenoxy) is 2. The zero-order valence-electron chi connectivity index (χ0n) is 16.7. The Labute approximate surface area is 203 Å². The molecule has 0 unspecified atom stereocenters. The Hall–Kier alpha value is -2.57. The van der Waals surface area contributed by atoms with Crippen molar-refractivity contribution < 1.29 is 19.1 Å². The molecule has 1 aliphatic heterocycles. The molecule has 1 fully saturated rings. The first-order chi connectivity index (χ1) is 15.4. The van der Waals surface area contributed by atoms with Crippen LogP contribution in [-0.4, -0.2) is 49.6 Å². The second-order valence-electron chi connectivity index (χ2n) is 6.72. The number of hydrogen-bond acceptors (Lipinski definition) is 5. The van der Waals surface area contributed by atoms with Crippen molar-refractivity contribution in [3.63, 3.8) is 0 Å². The van der Waals surface area contributed by atoms with Gasteiger partial charge in [0.1, 0.15) is 17.4 Å². The quantitative estimate of drug-likeness (QED) is 0.430. The van der Waals surface area contributed by atoms with Gasteiger partial charge in [-0.05, 0) is 57.9 Å². The predicted octanol–water partition coefficient (Wildman–Crippen LogP) is 4.54. The van der Waals surface area contributed by atoms with Crippen LogP contribution in [0.4, 0.5) is 5.69 Å². The van der Waals surface area contributed by atoms with Crippen molar-refractivity contribution in [1.29, 1.82) is 5.26 Å². The maximum Gasteiger partial charge on any atom is 0.266 e. The van der Waals surface area contributed by atoms with Crippen molar-refractivity contribution >= 4 is 62.7 Å². The molecule has 1 saturated heterocycles. The standard InChI is InChI=1S/C22H18BrCl2N3O4/c23-17-10-14(1-4-20(17)32-13-21(29)28-5-7-31-8-6-28)9-15(12-26)22(30)27-16-2-3-18(24)19(25)11-16/h1-4,9-11H,5-8,13H2,(H,27,30)/b15-9-. The Balaban J connectivity index is 1.65. The Morgan fingerprint density at radius 1 is 1.19 bits per heavy atom. The van der Waals surface area contributed by atoms with Crippen LogP contribution in [0.25, 0.3) is 6.08 Å². The van der Waals surface area contributed by atoms with Gasteiger partial charge >= 0.3 is 0 Å². The fourth-order valence-corrected chi connectivity index (χ4v) is 3.66. The summed E-state index contributed by atoms with van der Waals surface area (Å²) in [5, 5.41) is 12.7. The number of rotatable bonds is 6. The van der Waals surface area contributed by atoms with Gasteiger partial charge in [-0.3, -0.25) is 9.59 Å². The Morgan fingerprint density at radius 2 is 1.94 bits per heavy atom. The number of amides is 2. The van der Waals surface area contributed by atoms with Gasteiger partial charge in [-0.2, -0.15) is 5.26 Å². The Kier molecular flexibility index (Phi) is 8.53. The van der Waals surface area contributed by atoms with Crippen molar-refractivity contribution in [2.45, 2.75) is 0 Å². The smallest absolute Gasteiger partial charge is 0.266 e. The normalized spacial score (nSPS) is 13.9. The van der Waals surface area contributed by atoms with Crippen LogP contribution in [0.3, 0.4) is 0 Å². The van der Waals surface area contributed by atoms with Crippen molar-refractivity contribution in [2.75, 3.05) is 38.2 Å². The van der Waals surface area contributed by atoms with E-state index in [4.69, 9.17) is 32.7 Å². The molecular weight excluding hydrogens is 521 g/mol. The predicted molar refractivity (Wildman–Crippen MR) is 126 cm³/mol. The third-order valence-corrected chi connectivity index (χ3v) is 5.88. The molecule has 2 aromatic rings. The number of benzene rings is 2. The number of anilines is 1. The molecule has 2 amide bonds. The molecule has 32 heavy (non-hydrogen) atoms. The topological polar surface area (TPSA) is 91.7 Å². The number of halogens is 3. The molecular formula is C22H18BrCl2N3O4. The minimum absolute atomic E-state index is 0.0940.